The number of halogens is 1. The van der Waals surface area contributed by atoms with Crippen molar-refractivity contribution in [3.8, 4) is 0 Å². The summed E-state index contributed by atoms with van der Waals surface area (Å²) in [7, 11) is 0. The second-order valence-corrected chi connectivity index (χ2v) is 4.90. The van der Waals surface area contributed by atoms with Crippen LogP contribution in [-0.2, 0) is 0 Å². The number of benzene rings is 1. The monoisotopic (exact) mass is 251 g/mol. The fourth-order valence-corrected chi connectivity index (χ4v) is 1.90. The van der Waals surface area contributed by atoms with Gasteiger partial charge in [-0.2, -0.15) is 0 Å². The van der Waals surface area contributed by atoms with Gasteiger partial charge >= 0.3 is 0 Å². The molecule has 0 fully saturated rings. The van der Waals surface area contributed by atoms with Crippen LogP contribution in [0.1, 0.15) is 45.1 Å². The van der Waals surface area contributed by atoms with Crippen molar-refractivity contribution < 1.29 is 0 Å². The van der Waals surface area contributed by atoms with Crippen molar-refractivity contribution in [2.75, 3.05) is 6.54 Å². The first-order chi connectivity index (χ1) is 8.26. The van der Waals surface area contributed by atoms with Crippen molar-refractivity contribution in [2.45, 2.75) is 39.5 Å². The van der Waals surface area contributed by atoms with Crippen LogP contribution in [0.25, 0.3) is 0 Å². The lowest BCUT2D eigenvalue weighted by Gasteiger charge is -2.10. The molecule has 94 valence electrons. The Morgan fingerprint density at radius 2 is 1.94 bits per heavy atom. The number of rotatable bonds is 7. The Labute approximate surface area is 110 Å². The van der Waals surface area contributed by atoms with Crippen LogP contribution < -0.4 is 0 Å². The lowest BCUT2D eigenvalue weighted by Crippen LogP contribution is -2.03. The van der Waals surface area contributed by atoms with Crippen LogP contribution in [0.15, 0.2) is 29.3 Å². The molecule has 0 unspecified atom stereocenters. The minimum atomic E-state index is 0.735. The molecule has 1 aromatic rings. The molecule has 1 aromatic carbocycles. The van der Waals surface area contributed by atoms with Crippen LogP contribution in [0, 0.1) is 5.92 Å². The highest BCUT2D eigenvalue weighted by atomic mass is 35.5. The summed E-state index contributed by atoms with van der Waals surface area (Å²) in [6.07, 6.45) is 7.06. The number of aliphatic imine (C=N–C) groups is 1. The first kappa shape index (κ1) is 14.2. The average Bonchev–Trinajstić information content (AvgIpc) is 2.36. The summed E-state index contributed by atoms with van der Waals surface area (Å²) in [6.45, 7) is 5.43. The Balaban J connectivity index is 2.39. The van der Waals surface area contributed by atoms with Gasteiger partial charge in [0.1, 0.15) is 0 Å². The van der Waals surface area contributed by atoms with Gasteiger partial charge < -0.3 is 0 Å². The van der Waals surface area contributed by atoms with E-state index in [1.54, 1.807) is 0 Å². The van der Waals surface area contributed by atoms with Gasteiger partial charge in [-0.3, -0.25) is 4.99 Å². The van der Waals surface area contributed by atoms with Gasteiger partial charge in [0.2, 0.25) is 0 Å². The number of nitrogens with zero attached hydrogens (tertiary/aromatic N) is 1. The molecule has 1 nitrogen and oxygen atoms in total. The number of hydrogen-bond donors (Lipinski definition) is 0. The summed E-state index contributed by atoms with van der Waals surface area (Å²) < 4.78 is 0. The van der Waals surface area contributed by atoms with Gasteiger partial charge in [0.25, 0.3) is 0 Å². The van der Waals surface area contributed by atoms with E-state index in [0.29, 0.717) is 0 Å². The lowest BCUT2D eigenvalue weighted by molar-refractivity contribution is 0.463. The van der Waals surface area contributed by atoms with Crippen LogP contribution in [0.2, 0.25) is 5.02 Å². The largest absolute Gasteiger partial charge is 0.292 e. The van der Waals surface area contributed by atoms with Crippen molar-refractivity contribution in [2.24, 2.45) is 10.9 Å². The highest BCUT2D eigenvalue weighted by Gasteiger charge is 2.03. The highest BCUT2D eigenvalue weighted by Crippen LogP contribution is 2.13. The summed E-state index contributed by atoms with van der Waals surface area (Å²) in [4.78, 5) is 4.53. The number of hydrogen-bond acceptors (Lipinski definition) is 1. The van der Waals surface area contributed by atoms with E-state index < -0.39 is 0 Å². The highest BCUT2D eigenvalue weighted by molar-refractivity contribution is 6.30. The van der Waals surface area contributed by atoms with Crippen LogP contribution in [-0.4, -0.2) is 12.8 Å². The van der Waals surface area contributed by atoms with E-state index in [-0.39, 0.29) is 0 Å². The van der Waals surface area contributed by atoms with E-state index >= 15 is 0 Å². The predicted molar refractivity (Wildman–Crippen MR) is 77.2 cm³/mol. The van der Waals surface area contributed by atoms with Crippen LogP contribution in [0.4, 0.5) is 0 Å². The quantitative estimate of drug-likeness (QED) is 0.607. The van der Waals surface area contributed by atoms with Crippen molar-refractivity contribution in [3.63, 3.8) is 0 Å². The molecule has 0 aliphatic heterocycles. The Hall–Kier alpha value is -0.820. The molecule has 0 bridgehead atoms. The molecular weight excluding hydrogens is 230 g/mol. The molecule has 0 aliphatic rings. The van der Waals surface area contributed by atoms with E-state index in [1.807, 2.05) is 30.5 Å². The van der Waals surface area contributed by atoms with Gasteiger partial charge in [-0.05, 0) is 30.0 Å². The van der Waals surface area contributed by atoms with Gasteiger partial charge in [-0.15, -0.1) is 0 Å². The fourth-order valence-electron chi connectivity index (χ4n) is 1.77. The molecule has 0 radical (unpaired) electrons. The molecule has 0 saturated heterocycles. The van der Waals surface area contributed by atoms with Crippen LogP contribution in [0.3, 0.4) is 0 Å². The van der Waals surface area contributed by atoms with Crippen LogP contribution in [0.5, 0.6) is 0 Å². The summed E-state index contributed by atoms with van der Waals surface area (Å²) in [5.74, 6) is 0.735. The van der Waals surface area contributed by atoms with Gasteiger partial charge in [-0.25, -0.2) is 0 Å². The molecule has 1 rings (SSSR count). The molecule has 0 spiro atoms. The standard InChI is InChI=1S/C15H22ClN/c1-3-5-6-13(4-2)11-17-12-14-7-9-15(16)10-8-14/h7-10,12-13H,3-6,11H2,1-2H3/t13-/m1/s1. The topological polar surface area (TPSA) is 12.4 Å². The molecule has 17 heavy (non-hydrogen) atoms. The zero-order valence-corrected chi connectivity index (χ0v) is 11.6. The van der Waals surface area contributed by atoms with E-state index in [0.717, 1.165) is 23.0 Å². The van der Waals surface area contributed by atoms with Gasteiger partial charge in [0.05, 0.1) is 0 Å². The first-order valence-electron chi connectivity index (χ1n) is 6.51. The predicted octanol–water partition coefficient (Wildman–Crippen LogP) is 4.98. The SMILES string of the molecule is CCCC[C@@H](CC)CN=Cc1ccc(Cl)cc1. The van der Waals surface area contributed by atoms with E-state index in [2.05, 4.69) is 18.8 Å². The van der Waals surface area contributed by atoms with Gasteiger partial charge in [0.15, 0.2) is 0 Å². The normalized spacial score (nSPS) is 13.1. The zero-order chi connectivity index (χ0) is 12.5. The van der Waals surface area contributed by atoms with E-state index in [9.17, 15) is 0 Å². The van der Waals surface area contributed by atoms with Gasteiger partial charge in [-0.1, -0.05) is 56.8 Å². The third kappa shape index (κ3) is 5.88. The third-order valence-corrected chi connectivity index (χ3v) is 3.27. The molecular formula is C15H22ClN. The fraction of sp³-hybridized carbons (Fsp3) is 0.533. The Morgan fingerprint density at radius 3 is 2.53 bits per heavy atom. The molecule has 0 saturated carbocycles. The Bertz CT molecular complexity index is 329. The molecule has 0 heterocycles. The van der Waals surface area contributed by atoms with Crippen molar-refractivity contribution in [1.29, 1.82) is 0 Å². The molecule has 0 amide bonds. The Kier molecular flexibility index (Phi) is 6.95. The summed E-state index contributed by atoms with van der Waals surface area (Å²) >= 11 is 5.83. The summed E-state index contributed by atoms with van der Waals surface area (Å²) in [6, 6.07) is 7.80. The average molecular weight is 252 g/mol. The lowest BCUT2D eigenvalue weighted by atomic mass is 10.00. The minimum absolute atomic E-state index is 0.735. The molecule has 0 N–H and O–H groups in total. The third-order valence-electron chi connectivity index (χ3n) is 3.02. The molecule has 2 heteroatoms. The first-order valence-corrected chi connectivity index (χ1v) is 6.89. The van der Waals surface area contributed by atoms with Crippen molar-refractivity contribution in [1.82, 2.24) is 0 Å². The second kappa shape index (κ2) is 8.30. The van der Waals surface area contributed by atoms with Crippen LogP contribution >= 0.6 is 11.6 Å². The minimum Gasteiger partial charge on any atom is -0.292 e. The number of unbranched alkanes of at least 4 members (excludes halogenated alkanes) is 1. The van der Waals surface area contributed by atoms with E-state index in [4.69, 9.17) is 11.6 Å². The van der Waals surface area contributed by atoms with Gasteiger partial charge in [0, 0.05) is 17.8 Å². The molecule has 1 atom stereocenters. The summed E-state index contributed by atoms with van der Waals surface area (Å²) in [5.41, 5.74) is 1.12. The maximum Gasteiger partial charge on any atom is 0.0417 e. The molecule has 0 aromatic heterocycles. The zero-order valence-electron chi connectivity index (χ0n) is 10.8. The molecule has 0 aliphatic carbocycles. The van der Waals surface area contributed by atoms with Crippen molar-refractivity contribution >= 4 is 17.8 Å². The smallest absolute Gasteiger partial charge is 0.0417 e. The summed E-state index contributed by atoms with van der Waals surface area (Å²) in [5, 5.41) is 0.775. The second-order valence-electron chi connectivity index (χ2n) is 4.46. The van der Waals surface area contributed by atoms with Crippen molar-refractivity contribution in [3.05, 3.63) is 34.9 Å². The Morgan fingerprint density at radius 1 is 1.24 bits per heavy atom. The van der Waals surface area contributed by atoms with E-state index in [1.165, 1.54) is 25.7 Å². The maximum absolute atomic E-state index is 5.83. The maximum atomic E-state index is 5.83.